The van der Waals surface area contributed by atoms with E-state index >= 15 is 0 Å². The fourth-order valence-electron chi connectivity index (χ4n) is 2.98. The first-order valence-corrected chi connectivity index (χ1v) is 10.7. The molecule has 4 heterocycles. The van der Waals surface area contributed by atoms with E-state index < -0.39 is 11.9 Å². The van der Waals surface area contributed by atoms with Gasteiger partial charge in [-0.1, -0.05) is 46.0 Å². The van der Waals surface area contributed by atoms with Crippen LogP contribution in [0.2, 0.25) is 15.1 Å². The van der Waals surface area contributed by atoms with E-state index in [1.807, 2.05) is 0 Å². The van der Waals surface area contributed by atoms with Crippen molar-refractivity contribution in [3.63, 3.8) is 0 Å². The van der Waals surface area contributed by atoms with Crippen LogP contribution in [0.1, 0.15) is 5.69 Å². The lowest BCUT2D eigenvalue weighted by molar-refractivity contribution is -0.142. The van der Waals surface area contributed by atoms with Gasteiger partial charge in [0.25, 0.3) is 5.89 Å². The third kappa shape index (κ3) is 3.62. The zero-order chi connectivity index (χ0) is 22.6. The minimum atomic E-state index is -4.71. The summed E-state index contributed by atoms with van der Waals surface area (Å²) in [6.45, 7) is 0. The number of nitrogens with zero attached hydrogens (tertiary/aromatic N) is 5. The Labute approximate surface area is 196 Å². The molecular weight excluding hydrogens is 510 g/mol. The number of aromatic nitrogens is 5. The van der Waals surface area contributed by atoms with Gasteiger partial charge in [-0.05, 0) is 35.7 Å². The van der Waals surface area contributed by atoms with Gasteiger partial charge >= 0.3 is 6.18 Å². The summed E-state index contributed by atoms with van der Waals surface area (Å²) in [5.74, 6) is -0.0922. The average molecular weight is 517 g/mol. The molecule has 1 aromatic carbocycles. The van der Waals surface area contributed by atoms with Gasteiger partial charge in [-0.25, -0.2) is 9.50 Å². The number of benzene rings is 1. The van der Waals surface area contributed by atoms with Gasteiger partial charge in [0.15, 0.2) is 17.0 Å². The number of thiophene rings is 1. The summed E-state index contributed by atoms with van der Waals surface area (Å²) in [7, 11) is 0. The van der Waals surface area contributed by atoms with Crippen molar-refractivity contribution in [2.45, 2.75) is 6.18 Å². The Morgan fingerprint density at radius 1 is 1.03 bits per heavy atom. The summed E-state index contributed by atoms with van der Waals surface area (Å²) in [6.07, 6.45) is -4.71. The minimum Gasteiger partial charge on any atom is -0.332 e. The Morgan fingerprint density at radius 3 is 2.53 bits per heavy atom. The summed E-state index contributed by atoms with van der Waals surface area (Å²) in [5.41, 5.74) is -0.840. The predicted molar refractivity (Wildman–Crippen MR) is 115 cm³/mol. The molecule has 0 fully saturated rings. The molecule has 0 bridgehead atoms. The highest BCUT2D eigenvalue weighted by Crippen LogP contribution is 2.38. The standard InChI is InChI=1S/C19H7Cl3F3N5OS/c20-8-3-4-9(10(21)6-8)16-27-18(31-29-16)15-14(22)17-26-11(12-2-1-5-32-12)7-13(19(23,24)25)30(17)28-15/h1-7H. The molecule has 0 aliphatic heterocycles. The maximum absolute atomic E-state index is 13.8. The van der Waals surface area contributed by atoms with Crippen molar-refractivity contribution in [3.8, 4) is 33.5 Å². The quantitative estimate of drug-likeness (QED) is 0.255. The van der Waals surface area contributed by atoms with E-state index in [2.05, 4.69) is 20.2 Å². The van der Waals surface area contributed by atoms with Crippen molar-refractivity contribution in [1.29, 1.82) is 0 Å². The topological polar surface area (TPSA) is 69.1 Å². The third-order valence-electron chi connectivity index (χ3n) is 4.40. The number of halogens is 6. The maximum atomic E-state index is 13.8. The fraction of sp³-hybridized carbons (Fsp3) is 0.0526. The Kier molecular flexibility index (Phi) is 5.12. The van der Waals surface area contributed by atoms with Crippen LogP contribution in [-0.4, -0.2) is 24.7 Å². The van der Waals surface area contributed by atoms with Crippen LogP contribution in [0.25, 0.3) is 39.2 Å². The van der Waals surface area contributed by atoms with E-state index in [4.69, 9.17) is 39.3 Å². The Morgan fingerprint density at radius 2 is 1.84 bits per heavy atom. The summed E-state index contributed by atoms with van der Waals surface area (Å²) in [5, 5.41) is 10.1. The van der Waals surface area contributed by atoms with E-state index in [1.54, 1.807) is 29.6 Å². The Bertz CT molecular complexity index is 1460. The number of rotatable bonds is 3. The van der Waals surface area contributed by atoms with Gasteiger partial charge in [-0.15, -0.1) is 11.3 Å². The fourth-order valence-corrected chi connectivity index (χ4v) is 4.40. The molecule has 0 aliphatic rings. The van der Waals surface area contributed by atoms with E-state index in [9.17, 15) is 13.2 Å². The molecule has 0 amide bonds. The summed E-state index contributed by atoms with van der Waals surface area (Å²) in [6, 6.07) is 8.96. The van der Waals surface area contributed by atoms with Crippen molar-refractivity contribution in [2.75, 3.05) is 0 Å². The minimum absolute atomic E-state index is 0.0954. The lowest BCUT2D eigenvalue weighted by atomic mass is 10.2. The molecule has 0 aliphatic carbocycles. The molecule has 0 atom stereocenters. The highest BCUT2D eigenvalue weighted by Gasteiger charge is 2.37. The molecule has 5 aromatic rings. The molecule has 5 rings (SSSR count). The zero-order valence-corrected chi connectivity index (χ0v) is 18.4. The third-order valence-corrected chi connectivity index (χ3v) is 6.19. The zero-order valence-electron chi connectivity index (χ0n) is 15.4. The Balaban J connectivity index is 1.68. The van der Waals surface area contributed by atoms with Crippen LogP contribution in [0.3, 0.4) is 0 Å². The molecule has 162 valence electrons. The molecule has 6 nitrogen and oxygen atoms in total. The predicted octanol–water partition coefficient (Wildman–Crippen LogP) is 7.15. The van der Waals surface area contributed by atoms with Crippen molar-refractivity contribution in [2.24, 2.45) is 0 Å². The van der Waals surface area contributed by atoms with Crippen LogP contribution < -0.4 is 0 Å². The number of hydrogen-bond acceptors (Lipinski definition) is 6. The first-order chi connectivity index (χ1) is 15.2. The lowest BCUT2D eigenvalue weighted by Gasteiger charge is -2.10. The van der Waals surface area contributed by atoms with Crippen molar-refractivity contribution >= 4 is 51.8 Å². The molecule has 4 aromatic heterocycles. The van der Waals surface area contributed by atoms with Gasteiger partial charge < -0.3 is 4.52 Å². The summed E-state index contributed by atoms with van der Waals surface area (Å²) < 4.78 is 47.2. The molecule has 0 N–H and O–H groups in total. The van der Waals surface area contributed by atoms with Gasteiger partial charge in [0.1, 0.15) is 5.02 Å². The molecule has 0 spiro atoms. The van der Waals surface area contributed by atoms with E-state index in [0.29, 0.717) is 20.0 Å². The van der Waals surface area contributed by atoms with Crippen molar-refractivity contribution < 1.29 is 17.7 Å². The highest BCUT2D eigenvalue weighted by molar-refractivity contribution is 7.13. The summed E-state index contributed by atoms with van der Waals surface area (Å²) >= 11 is 19.7. The maximum Gasteiger partial charge on any atom is 0.433 e. The number of alkyl halides is 3. The van der Waals surface area contributed by atoms with Crippen molar-refractivity contribution in [3.05, 3.63) is 62.5 Å². The highest BCUT2D eigenvalue weighted by atomic mass is 35.5. The Hall–Kier alpha value is -2.66. The molecule has 0 saturated carbocycles. The van der Waals surface area contributed by atoms with E-state index in [0.717, 1.165) is 6.07 Å². The first kappa shape index (κ1) is 21.2. The molecular formula is C19H7Cl3F3N5OS. The van der Waals surface area contributed by atoms with Crippen LogP contribution in [0, 0.1) is 0 Å². The van der Waals surface area contributed by atoms with Gasteiger partial charge in [-0.3, -0.25) is 0 Å². The van der Waals surface area contributed by atoms with Crippen LogP contribution in [0.5, 0.6) is 0 Å². The van der Waals surface area contributed by atoms with Crippen LogP contribution in [0.15, 0.2) is 46.3 Å². The van der Waals surface area contributed by atoms with Crippen LogP contribution in [0.4, 0.5) is 13.2 Å². The van der Waals surface area contributed by atoms with Crippen LogP contribution >= 0.6 is 46.1 Å². The number of fused-ring (bicyclic) bond motifs is 1. The second-order valence-corrected chi connectivity index (χ2v) is 8.62. The van der Waals surface area contributed by atoms with Gasteiger partial charge in [0.2, 0.25) is 5.82 Å². The molecule has 0 unspecified atom stereocenters. The summed E-state index contributed by atoms with van der Waals surface area (Å²) in [4.78, 5) is 9.02. The lowest BCUT2D eigenvalue weighted by Crippen LogP contribution is -2.13. The van der Waals surface area contributed by atoms with Gasteiger partial charge in [-0.2, -0.15) is 23.3 Å². The monoisotopic (exact) mass is 515 g/mol. The molecule has 13 heteroatoms. The van der Waals surface area contributed by atoms with Gasteiger partial charge in [0, 0.05) is 10.6 Å². The molecule has 0 radical (unpaired) electrons. The first-order valence-electron chi connectivity index (χ1n) is 8.72. The second kappa shape index (κ2) is 7.73. The molecule has 0 saturated heterocycles. The SMILES string of the molecule is FC(F)(F)c1cc(-c2cccs2)nc2c(Cl)c(-c3nc(-c4ccc(Cl)cc4Cl)no3)nn12. The van der Waals surface area contributed by atoms with Gasteiger partial charge in [0.05, 0.1) is 15.6 Å². The number of hydrogen-bond donors (Lipinski definition) is 0. The average Bonchev–Trinajstić information content (AvgIpc) is 3.47. The van der Waals surface area contributed by atoms with Crippen molar-refractivity contribution in [1.82, 2.24) is 24.7 Å². The van der Waals surface area contributed by atoms with E-state index in [-0.39, 0.29) is 38.8 Å². The largest absolute Gasteiger partial charge is 0.433 e. The molecule has 32 heavy (non-hydrogen) atoms. The smallest absolute Gasteiger partial charge is 0.332 e. The van der Waals surface area contributed by atoms with Crippen LogP contribution in [-0.2, 0) is 6.18 Å². The normalized spacial score (nSPS) is 12.1. The van der Waals surface area contributed by atoms with E-state index in [1.165, 1.54) is 17.4 Å². The second-order valence-electron chi connectivity index (χ2n) is 6.45.